The van der Waals surface area contributed by atoms with Crippen LogP contribution >= 0.6 is 0 Å². The molecule has 4 fully saturated rings. The number of amides is 4. The molecule has 6 atom stereocenters. The molecule has 0 aromatic heterocycles. The zero-order valence-electron chi connectivity index (χ0n) is 21.3. The van der Waals surface area contributed by atoms with E-state index in [0.29, 0.717) is 19.4 Å². The van der Waals surface area contributed by atoms with Gasteiger partial charge in [0.05, 0.1) is 12.0 Å². The van der Waals surface area contributed by atoms with E-state index < -0.39 is 77.7 Å². The molecule has 2 bridgehead atoms. The maximum Gasteiger partial charge on any atom is 0.471 e. The van der Waals surface area contributed by atoms with E-state index >= 15 is 0 Å². The number of halogens is 5. The lowest BCUT2D eigenvalue weighted by Crippen LogP contribution is -2.71. The maximum absolute atomic E-state index is 14.9. The minimum absolute atomic E-state index is 0.0640. The summed E-state index contributed by atoms with van der Waals surface area (Å²) < 4.78 is 68.9. The Labute approximate surface area is 216 Å². The third-order valence-electron chi connectivity index (χ3n) is 7.50. The topological polar surface area (TPSA) is 131 Å². The molecule has 3 aliphatic heterocycles. The fourth-order valence-corrected chi connectivity index (χ4v) is 5.58. The van der Waals surface area contributed by atoms with Gasteiger partial charge < -0.3 is 20.9 Å². The van der Waals surface area contributed by atoms with Gasteiger partial charge in [0, 0.05) is 24.9 Å². The molecule has 9 nitrogen and oxygen atoms in total. The molecule has 3 saturated heterocycles. The van der Waals surface area contributed by atoms with Crippen LogP contribution in [0.2, 0.25) is 0 Å². The Morgan fingerprint density at radius 1 is 1.16 bits per heavy atom. The molecule has 0 radical (unpaired) electrons. The number of nitrogens with one attached hydrogen (secondary N) is 3. The minimum Gasteiger partial charge on any atom is -0.356 e. The van der Waals surface area contributed by atoms with Crippen LogP contribution in [0.3, 0.4) is 0 Å². The van der Waals surface area contributed by atoms with Crippen molar-refractivity contribution in [1.82, 2.24) is 20.9 Å². The van der Waals surface area contributed by atoms with Gasteiger partial charge in [0.25, 0.3) is 5.92 Å². The Hall–Kier alpha value is -2.98. The highest BCUT2D eigenvalue weighted by Crippen LogP contribution is 2.49. The SMILES string of the molecule is CC(C)(C)[C@H](NC(=O)C(F)(F)F)C(=O)N1[C@@H]2CC[C@H]([C@@H]1C(=O)N[C@H](C#N)C[C@H]1CCCNC1=O)C(F)(F)C2. The normalized spacial score (nSPS) is 28.5. The van der Waals surface area contributed by atoms with Gasteiger partial charge in [0.1, 0.15) is 18.1 Å². The van der Waals surface area contributed by atoms with E-state index in [1.165, 1.54) is 20.8 Å². The quantitative estimate of drug-likeness (QED) is 0.437. The summed E-state index contributed by atoms with van der Waals surface area (Å²) in [6.45, 7) is 4.69. The number of carbonyl (C=O) groups excluding carboxylic acids is 4. The first-order chi connectivity index (χ1) is 17.5. The van der Waals surface area contributed by atoms with Gasteiger partial charge in [-0.15, -0.1) is 0 Å². The van der Waals surface area contributed by atoms with E-state index in [9.17, 15) is 46.4 Å². The van der Waals surface area contributed by atoms with E-state index in [-0.39, 0.29) is 25.2 Å². The summed E-state index contributed by atoms with van der Waals surface area (Å²) in [5, 5.41) is 16.3. The average Bonchev–Trinajstić information content (AvgIpc) is 2.80. The molecule has 0 aromatic carbocycles. The first kappa shape index (κ1) is 29.6. The van der Waals surface area contributed by atoms with Crippen molar-refractivity contribution in [2.75, 3.05) is 6.54 Å². The van der Waals surface area contributed by atoms with Crippen LogP contribution in [0.25, 0.3) is 0 Å². The van der Waals surface area contributed by atoms with Gasteiger partial charge in [-0.05, 0) is 37.5 Å². The Morgan fingerprint density at radius 2 is 1.82 bits per heavy atom. The van der Waals surface area contributed by atoms with Crippen molar-refractivity contribution in [3.8, 4) is 6.07 Å². The van der Waals surface area contributed by atoms with Gasteiger partial charge >= 0.3 is 12.1 Å². The number of nitrogens with zero attached hydrogens (tertiary/aromatic N) is 2. The largest absolute Gasteiger partial charge is 0.471 e. The van der Waals surface area contributed by atoms with Gasteiger partial charge in [-0.3, -0.25) is 19.2 Å². The van der Waals surface area contributed by atoms with Gasteiger partial charge in [-0.2, -0.15) is 18.4 Å². The second-order valence-electron chi connectivity index (χ2n) is 11.3. The highest BCUT2D eigenvalue weighted by atomic mass is 19.4. The number of fused-ring (bicyclic) bond motifs is 3. The third kappa shape index (κ3) is 6.18. The van der Waals surface area contributed by atoms with Crippen molar-refractivity contribution >= 4 is 23.6 Å². The zero-order chi connectivity index (χ0) is 28.6. The number of nitriles is 1. The molecule has 14 heteroatoms. The molecular formula is C24H32F5N5O4. The molecule has 4 rings (SSSR count). The highest BCUT2D eigenvalue weighted by molar-refractivity contribution is 5.94. The number of alkyl halides is 5. The summed E-state index contributed by atoms with van der Waals surface area (Å²) in [6.07, 6.45) is -5.00. The Morgan fingerprint density at radius 3 is 2.34 bits per heavy atom. The molecule has 3 N–H and O–H groups in total. The van der Waals surface area contributed by atoms with E-state index in [4.69, 9.17) is 0 Å². The molecule has 38 heavy (non-hydrogen) atoms. The van der Waals surface area contributed by atoms with Gasteiger partial charge in [-0.25, -0.2) is 8.78 Å². The predicted molar refractivity (Wildman–Crippen MR) is 122 cm³/mol. The lowest BCUT2D eigenvalue weighted by Gasteiger charge is -2.55. The number of rotatable bonds is 6. The number of hydrogen-bond acceptors (Lipinski definition) is 5. The fraction of sp³-hybridized carbons (Fsp3) is 0.792. The molecule has 1 saturated carbocycles. The molecule has 4 amide bonds. The van der Waals surface area contributed by atoms with Crippen LogP contribution in [0.4, 0.5) is 22.0 Å². The fourth-order valence-electron chi connectivity index (χ4n) is 5.58. The predicted octanol–water partition coefficient (Wildman–Crippen LogP) is 2.02. The van der Waals surface area contributed by atoms with Gasteiger partial charge in [0.2, 0.25) is 17.7 Å². The van der Waals surface area contributed by atoms with Crippen molar-refractivity contribution in [2.45, 2.75) is 95.6 Å². The monoisotopic (exact) mass is 549 g/mol. The second-order valence-corrected chi connectivity index (χ2v) is 11.3. The number of piperidine rings is 3. The Balaban J connectivity index is 1.90. The van der Waals surface area contributed by atoms with Crippen molar-refractivity contribution < 1.29 is 41.1 Å². The van der Waals surface area contributed by atoms with Crippen LogP contribution in [0.5, 0.6) is 0 Å². The Kier molecular flexibility index (Phi) is 8.29. The van der Waals surface area contributed by atoms with E-state index in [0.717, 1.165) is 4.90 Å². The molecule has 3 heterocycles. The van der Waals surface area contributed by atoms with Crippen LogP contribution in [-0.4, -0.2) is 71.3 Å². The summed E-state index contributed by atoms with van der Waals surface area (Å²) in [5.41, 5.74) is -1.26. The Bertz CT molecular complexity index is 1010. The molecular weight excluding hydrogens is 517 g/mol. The number of carbonyl (C=O) groups is 4. The van der Waals surface area contributed by atoms with E-state index in [2.05, 4.69) is 10.6 Å². The van der Waals surface area contributed by atoms with Crippen LogP contribution in [0.15, 0.2) is 0 Å². The minimum atomic E-state index is -5.29. The first-order valence-electron chi connectivity index (χ1n) is 12.5. The molecule has 0 unspecified atom stereocenters. The maximum atomic E-state index is 14.9. The van der Waals surface area contributed by atoms with Crippen LogP contribution in [0, 0.1) is 28.6 Å². The molecule has 0 spiro atoms. The van der Waals surface area contributed by atoms with Crippen molar-refractivity contribution in [1.29, 1.82) is 5.26 Å². The summed E-state index contributed by atoms with van der Waals surface area (Å²) in [4.78, 5) is 51.7. The van der Waals surface area contributed by atoms with Crippen molar-refractivity contribution in [3.05, 3.63) is 0 Å². The second kappa shape index (κ2) is 10.6. The molecule has 1 aliphatic carbocycles. The number of hydrogen-bond donors (Lipinski definition) is 3. The highest BCUT2D eigenvalue weighted by Gasteiger charge is 2.61. The lowest BCUT2D eigenvalue weighted by molar-refractivity contribution is -0.197. The molecule has 0 aromatic rings. The lowest BCUT2D eigenvalue weighted by atomic mass is 9.70. The summed E-state index contributed by atoms with van der Waals surface area (Å²) in [5.74, 6) is -10.3. The van der Waals surface area contributed by atoms with Gasteiger partial charge in [-0.1, -0.05) is 20.8 Å². The van der Waals surface area contributed by atoms with Crippen LogP contribution < -0.4 is 16.0 Å². The van der Waals surface area contributed by atoms with Crippen LogP contribution in [0.1, 0.15) is 59.3 Å². The zero-order valence-corrected chi connectivity index (χ0v) is 21.3. The molecule has 212 valence electrons. The first-order valence-corrected chi connectivity index (χ1v) is 12.5. The summed E-state index contributed by atoms with van der Waals surface area (Å²) in [7, 11) is 0. The summed E-state index contributed by atoms with van der Waals surface area (Å²) >= 11 is 0. The van der Waals surface area contributed by atoms with Crippen molar-refractivity contribution in [2.24, 2.45) is 17.3 Å². The standard InChI is InChI=1S/C24H32F5N5O4/c1-22(2,3)17(33-21(38)24(27,28)29)20(37)34-14-6-7-15(23(25,26)10-14)16(34)19(36)32-13(11-30)9-12-5-4-8-31-18(12)35/h12-17H,4-10H2,1-3H3,(H,31,35)(H,32,36)(H,33,38)/t12-,13+,14-,15-,16-,17-/m1/s1. The molecule has 4 aliphatic rings. The van der Waals surface area contributed by atoms with E-state index in [1.807, 2.05) is 6.07 Å². The summed E-state index contributed by atoms with van der Waals surface area (Å²) in [6, 6.07) is -4.06. The van der Waals surface area contributed by atoms with Crippen molar-refractivity contribution in [3.63, 3.8) is 0 Å². The average molecular weight is 550 g/mol. The third-order valence-corrected chi connectivity index (χ3v) is 7.50. The van der Waals surface area contributed by atoms with E-state index in [1.54, 1.807) is 5.32 Å². The van der Waals surface area contributed by atoms with Gasteiger partial charge in [0.15, 0.2) is 0 Å². The smallest absolute Gasteiger partial charge is 0.356 e. The van der Waals surface area contributed by atoms with Crippen LogP contribution in [-0.2, 0) is 19.2 Å².